The number of hydrogen-bond acceptors (Lipinski definition) is 5. The molecule has 0 radical (unpaired) electrons. The predicted molar refractivity (Wildman–Crippen MR) is 134 cm³/mol. The Morgan fingerprint density at radius 3 is 2.14 bits per heavy atom. The largest absolute Gasteiger partial charge is 0.494 e. The van der Waals surface area contributed by atoms with Crippen molar-refractivity contribution in [3.8, 4) is 11.5 Å². The number of alkyl halides is 1. The van der Waals surface area contributed by atoms with E-state index in [0.717, 1.165) is 56.3 Å². The van der Waals surface area contributed by atoms with E-state index in [0.29, 0.717) is 30.3 Å². The lowest BCUT2D eigenvalue weighted by atomic mass is 9.83. The maximum Gasteiger partial charge on any atom is 0.343 e. The fourth-order valence-electron chi connectivity index (χ4n) is 4.25. The Bertz CT molecular complexity index is 917. The van der Waals surface area contributed by atoms with Gasteiger partial charge in [-0.2, -0.15) is 0 Å². The van der Waals surface area contributed by atoms with Gasteiger partial charge in [-0.25, -0.2) is 14.0 Å². The summed E-state index contributed by atoms with van der Waals surface area (Å²) in [5, 5.41) is 0. The number of rotatable bonds is 12. The highest BCUT2D eigenvalue weighted by Gasteiger charge is 2.27. The van der Waals surface area contributed by atoms with Crippen molar-refractivity contribution in [2.45, 2.75) is 89.8 Å². The number of carbonyl (C=O) groups excluding carboxylic acids is 2. The summed E-state index contributed by atoms with van der Waals surface area (Å²) in [4.78, 5) is 24.4. The molecule has 0 saturated heterocycles. The number of esters is 2. The minimum atomic E-state index is -1.51. The Morgan fingerprint density at radius 1 is 0.886 bits per heavy atom. The molecule has 0 N–H and O–H groups in total. The number of halogens is 1. The smallest absolute Gasteiger partial charge is 0.343 e. The molecule has 1 saturated carbocycles. The maximum absolute atomic E-state index is 13.9. The first-order chi connectivity index (χ1) is 17.0. The Morgan fingerprint density at radius 2 is 1.51 bits per heavy atom. The van der Waals surface area contributed by atoms with Crippen LogP contribution in [0.1, 0.15) is 93.5 Å². The van der Waals surface area contributed by atoms with Gasteiger partial charge in [0.15, 0.2) is 6.17 Å². The van der Waals surface area contributed by atoms with Crippen molar-refractivity contribution in [1.82, 2.24) is 0 Å². The summed E-state index contributed by atoms with van der Waals surface area (Å²) in [6.45, 7) is 4.74. The van der Waals surface area contributed by atoms with Crippen LogP contribution in [0.2, 0.25) is 0 Å². The van der Waals surface area contributed by atoms with Crippen molar-refractivity contribution >= 4 is 11.9 Å². The molecule has 2 aromatic rings. The highest BCUT2D eigenvalue weighted by Crippen LogP contribution is 2.35. The van der Waals surface area contributed by atoms with Gasteiger partial charge in [-0.1, -0.05) is 45.2 Å². The van der Waals surface area contributed by atoms with Crippen LogP contribution in [0.5, 0.6) is 11.5 Å². The minimum absolute atomic E-state index is 0.206. The van der Waals surface area contributed by atoms with E-state index in [9.17, 15) is 14.0 Å². The lowest BCUT2D eigenvalue weighted by Crippen LogP contribution is -2.28. The van der Waals surface area contributed by atoms with Crippen LogP contribution in [0.3, 0.4) is 0 Å². The summed E-state index contributed by atoms with van der Waals surface area (Å²) >= 11 is 0. The normalized spacial score (nSPS) is 18.5. The maximum atomic E-state index is 13.9. The summed E-state index contributed by atoms with van der Waals surface area (Å²) in [5.41, 5.74) is 1.63. The summed E-state index contributed by atoms with van der Waals surface area (Å²) in [6, 6.07) is 14.5. The highest BCUT2D eigenvalue weighted by atomic mass is 19.1. The first-order valence-corrected chi connectivity index (χ1v) is 12.9. The van der Waals surface area contributed by atoms with Gasteiger partial charge in [-0.15, -0.1) is 0 Å². The van der Waals surface area contributed by atoms with Gasteiger partial charge in [-0.05, 0) is 86.4 Å². The van der Waals surface area contributed by atoms with Gasteiger partial charge in [0.2, 0.25) is 0 Å². The molecule has 0 amide bonds. The zero-order chi connectivity index (χ0) is 25.0. The summed E-state index contributed by atoms with van der Waals surface area (Å²) in [6.07, 6.45) is 5.33. The van der Waals surface area contributed by atoms with Crippen molar-refractivity contribution < 1.29 is 28.2 Å². The Balaban J connectivity index is 1.44. The molecule has 1 aliphatic rings. The Labute approximate surface area is 208 Å². The van der Waals surface area contributed by atoms with Gasteiger partial charge in [0.1, 0.15) is 17.6 Å². The second kappa shape index (κ2) is 13.9. The van der Waals surface area contributed by atoms with Gasteiger partial charge in [0.25, 0.3) is 0 Å². The molecule has 190 valence electrons. The molecule has 0 bridgehead atoms. The molecular formula is C29H37FO5. The second-order valence-corrected chi connectivity index (χ2v) is 9.21. The average molecular weight is 485 g/mol. The van der Waals surface area contributed by atoms with Crippen molar-refractivity contribution in [2.75, 3.05) is 6.61 Å². The SMILES string of the molecule is CCCCOc1ccc(C(=O)Oc2ccc(C3CCC(OC(=O)[C@@H](F)CCCC)CC3)cc2)cc1. The molecule has 1 atom stereocenters. The monoisotopic (exact) mass is 484 g/mol. The third-order valence-electron chi connectivity index (χ3n) is 6.44. The molecule has 0 spiro atoms. The van der Waals surface area contributed by atoms with E-state index in [-0.39, 0.29) is 12.5 Å². The van der Waals surface area contributed by atoms with Crippen molar-refractivity contribution in [1.29, 1.82) is 0 Å². The van der Waals surface area contributed by atoms with Crippen LogP contribution in [0.4, 0.5) is 4.39 Å². The zero-order valence-corrected chi connectivity index (χ0v) is 20.8. The van der Waals surface area contributed by atoms with E-state index in [4.69, 9.17) is 14.2 Å². The van der Waals surface area contributed by atoms with Crippen LogP contribution >= 0.6 is 0 Å². The van der Waals surface area contributed by atoms with E-state index in [1.54, 1.807) is 24.3 Å². The standard InChI is InChI=1S/C29H37FO5/c1-3-5-7-27(30)29(32)35-26-18-10-22(11-19-26)21-8-16-25(17-9-21)34-28(31)23-12-14-24(15-13-23)33-20-6-4-2/h8-9,12-17,22,26-27H,3-7,10-11,18-20H2,1-2H3/t22?,26?,27-/m0/s1. The quantitative estimate of drug-likeness (QED) is 0.181. The topological polar surface area (TPSA) is 61.8 Å². The molecule has 0 heterocycles. The highest BCUT2D eigenvalue weighted by molar-refractivity contribution is 5.91. The first-order valence-electron chi connectivity index (χ1n) is 12.9. The third kappa shape index (κ3) is 8.37. The van der Waals surface area contributed by atoms with Crippen LogP contribution < -0.4 is 9.47 Å². The summed E-state index contributed by atoms with van der Waals surface area (Å²) < 4.78 is 30.4. The van der Waals surface area contributed by atoms with E-state index in [1.807, 2.05) is 31.2 Å². The van der Waals surface area contributed by atoms with Crippen molar-refractivity contribution in [3.63, 3.8) is 0 Å². The van der Waals surface area contributed by atoms with Crippen LogP contribution in [-0.4, -0.2) is 30.8 Å². The van der Waals surface area contributed by atoms with E-state index in [2.05, 4.69) is 6.92 Å². The predicted octanol–water partition coefficient (Wildman–Crippen LogP) is 7.18. The van der Waals surface area contributed by atoms with Gasteiger partial charge < -0.3 is 14.2 Å². The third-order valence-corrected chi connectivity index (χ3v) is 6.44. The molecular weight excluding hydrogens is 447 g/mol. The van der Waals surface area contributed by atoms with E-state index < -0.39 is 18.1 Å². The van der Waals surface area contributed by atoms with Gasteiger partial charge >= 0.3 is 11.9 Å². The second-order valence-electron chi connectivity index (χ2n) is 9.21. The Hall–Kier alpha value is -2.89. The molecule has 2 aromatic carbocycles. The molecule has 3 rings (SSSR count). The minimum Gasteiger partial charge on any atom is -0.494 e. The molecule has 5 nitrogen and oxygen atoms in total. The number of hydrogen-bond donors (Lipinski definition) is 0. The number of unbranched alkanes of at least 4 members (excludes halogenated alkanes) is 2. The average Bonchev–Trinajstić information content (AvgIpc) is 2.88. The summed E-state index contributed by atoms with van der Waals surface area (Å²) in [7, 11) is 0. The Kier molecular flexibility index (Phi) is 10.6. The number of carbonyl (C=O) groups is 2. The lowest BCUT2D eigenvalue weighted by Gasteiger charge is -2.29. The zero-order valence-electron chi connectivity index (χ0n) is 20.8. The lowest BCUT2D eigenvalue weighted by molar-refractivity contribution is -0.157. The fourth-order valence-corrected chi connectivity index (χ4v) is 4.25. The number of benzene rings is 2. The summed E-state index contributed by atoms with van der Waals surface area (Å²) in [5.74, 6) is 0.448. The molecule has 0 aliphatic heterocycles. The molecule has 0 unspecified atom stereocenters. The van der Waals surface area contributed by atoms with Crippen LogP contribution in [0.15, 0.2) is 48.5 Å². The molecule has 35 heavy (non-hydrogen) atoms. The molecule has 1 fully saturated rings. The van der Waals surface area contributed by atoms with Gasteiger partial charge in [0, 0.05) is 0 Å². The van der Waals surface area contributed by atoms with Crippen LogP contribution in [0.25, 0.3) is 0 Å². The van der Waals surface area contributed by atoms with Crippen LogP contribution in [-0.2, 0) is 9.53 Å². The van der Waals surface area contributed by atoms with Crippen molar-refractivity contribution in [3.05, 3.63) is 59.7 Å². The molecule has 1 aliphatic carbocycles. The molecule has 0 aromatic heterocycles. The molecule has 6 heteroatoms. The van der Waals surface area contributed by atoms with E-state index in [1.165, 1.54) is 0 Å². The van der Waals surface area contributed by atoms with Gasteiger partial charge in [-0.3, -0.25) is 0 Å². The van der Waals surface area contributed by atoms with Crippen molar-refractivity contribution in [2.24, 2.45) is 0 Å². The first kappa shape index (κ1) is 26.7. The van der Waals surface area contributed by atoms with Gasteiger partial charge in [0.05, 0.1) is 12.2 Å². The fraction of sp³-hybridized carbons (Fsp3) is 0.517. The van der Waals surface area contributed by atoms with E-state index >= 15 is 0 Å². The number of ether oxygens (including phenoxy) is 3. The van der Waals surface area contributed by atoms with Crippen LogP contribution in [0, 0.1) is 0 Å².